The van der Waals surface area contributed by atoms with E-state index in [4.69, 9.17) is 0 Å². The Bertz CT molecular complexity index is 530. The van der Waals surface area contributed by atoms with Crippen LogP contribution in [0.4, 0.5) is 0 Å². The summed E-state index contributed by atoms with van der Waals surface area (Å²) in [6.07, 6.45) is 10.5. The van der Waals surface area contributed by atoms with Crippen molar-refractivity contribution in [1.82, 2.24) is 10.3 Å². The molecule has 0 bridgehead atoms. The van der Waals surface area contributed by atoms with Crippen LogP contribution < -0.4 is 5.32 Å². The van der Waals surface area contributed by atoms with Gasteiger partial charge in [-0.25, -0.2) is 0 Å². The largest absolute Gasteiger partial charge is 0.316 e. The molecular formula is C17H22N2. The number of pyridine rings is 1. The van der Waals surface area contributed by atoms with Crippen molar-refractivity contribution in [3.63, 3.8) is 0 Å². The fourth-order valence-corrected chi connectivity index (χ4v) is 3.05. The summed E-state index contributed by atoms with van der Waals surface area (Å²) in [7, 11) is 0. The number of piperidine rings is 1. The molecule has 1 aliphatic heterocycles. The lowest BCUT2D eigenvalue weighted by molar-refractivity contribution is 0.351. The van der Waals surface area contributed by atoms with Gasteiger partial charge in [-0.3, -0.25) is 4.98 Å². The van der Waals surface area contributed by atoms with Crippen LogP contribution in [0.5, 0.6) is 0 Å². The van der Waals surface area contributed by atoms with E-state index in [1.165, 1.54) is 61.5 Å². The number of rotatable bonds is 4. The zero-order valence-corrected chi connectivity index (χ0v) is 11.4. The van der Waals surface area contributed by atoms with Gasteiger partial charge < -0.3 is 5.32 Å². The molecule has 0 aliphatic carbocycles. The summed E-state index contributed by atoms with van der Waals surface area (Å²) in [5.41, 5.74) is 1.46. The molecule has 1 aromatic carbocycles. The fourth-order valence-electron chi connectivity index (χ4n) is 3.05. The zero-order valence-electron chi connectivity index (χ0n) is 11.4. The van der Waals surface area contributed by atoms with Gasteiger partial charge in [0, 0.05) is 17.8 Å². The number of benzene rings is 1. The fraction of sp³-hybridized carbons (Fsp3) is 0.471. The Morgan fingerprint density at radius 1 is 1.21 bits per heavy atom. The van der Waals surface area contributed by atoms with Crippen molar-refractivity contribution in [3.8, 4) is 0 Å². The van der Waals surface area contributed by atoms with Crippen LogP contribution in [0.2, 0.25) is 0 Å². The maximum Gasteiger partial charge on any atom is 0.0346 e. The summed E-state index contributed by atoms with van der Waals surface area (Å²) < 4.78 is 0. The van der Waals surface area contributed by atoms with Crippen molar-refractivity contribution < 1.29 is 0 Å². The Balaban J connectivity index is 1.56. The van der Waals surface area contributed by atoms with Crippen LogP contribution >= 0.6 is 0 Å². The summed E-state index contributed by atoms with van der Waals surface area (Å²) in [6, 6.07) is 8.86. The minimum absolute atomic E-state index is 0.901. The van der Waals surface area contributed by atoms with Gasteiger partial charge in [0.05, 0.1) is 0 Å². The third-order valence-electron chi connectivity index (χ3n) is 4.18. The van der Waals surface area contributed by atoms with Gasteiger partial charge in [0.1, 0.15) is 0 Å². The molecule has 0 radical (unpaired) electrons. The molecule has 1 atom stereocenters. The SMILES string of the molecule is c1cc2cc(CCC[C@@H]3CCCNC3)ccc2cn1. The zero-order chi connectivity index (χ0) is 12.9. The number of hydrogen-bond acceptors (Lipinski definition) is 2. The van der Waals surface area contributed by atoms with Crippen molar-refractivity contribution in [2.75, 3.05) is 13.1 Å². The second kappa shape index (κ2) is 6.16. The van der Waals surface area contributed by atoms with E-state index < -0.39 is 0 Å². The molecule has 2 heterocycles. The van der Waals surface area contributed by atoms with E-state index in [9.17, 15) is 0 Å². The monoisotopic (exact) mass is 254 g/mol. The van der Waals surface area contributed by atoms with Crippen LogP contribution in [0.3, 0.4) is 0 Å². The molecule has 19 heavy (non-hydrogen) atoms. The molecule has 0 spiro atoms. The van der Waals surface area contributed by atoms with Crippen LogP contribution in [0.25, 0.3) is 10.8 Å². The molecule has 100 valence electrons. The van der Waals surface area contributed by atoms with Gasteiger partial charge >= 0.3 is 0 Å². The number of nitrogens with one attached hydrogen (secondary N) is 1. The molecule has 0 unspecified atom stereocenters. The van der Waals surface area contributed by atoms with Gasteiger partial charge in [-0.2, -0.15) is 0 Å². The first kappa shape index (κ1) is 12.6. The Morgan fingerprint density at radius 2 is 2.21 bits per heavy atom. The third kappa shape index (κ3) is 3.32. The average molecular weight is 254 g/mol. The van der Waals surface area contributed by atoms with Gasteiger partial charge in [-0.1, -0.05) is 18.2 Å². The summed E-state index contributed by atoms with van der Waals surface area (Å²) in [5.74, 6) is 0.901. The minimum atomic E-state index is 0.901. The molecule has 1 saturated heterocycles. The minimum Gasteiger partial charge on any atom is -0.316 e. The predicted octanol–water partition coefficient (Wildman–Crippen LogP) is 3.56. The van der Waals surface area contributed by atoms with Gasteiger partial charge in [0.15, 0.2) is 0 Å². The molecule has 1 fully saturated rings. The van der Waals surface area contributed by atoms with Gasteiger partial charge in [-0.15, -0.1) is 0 Å². The predicted molar refractivity (Wildman–Crippen MR) is 80.3 cm³/mol. The highest BCUT2D eigenvalue weighted by Gasteiger charge is 2.12. The Morgan fingerprint density at radius 3 is 3.11 bits per heavy atom. The second-order valence-corrected chi connectivity index (χ2v) is 5.66. The van der Waals surface area contributed by atoms with Crippen LogP contribution in [-0.2, 0) is 6.42 Å². The molecule has 2 heteroatoms. The summed E-state index contributed by atoms with van der Waals surface area (Å²) in [6.45, 7) is 2.44. The lowest BCUT2D eigenvalue weighted by atomic mass is 9.93. The molecule has 2 aromatic rings. The van der Waals surface area contributed by atoms with E-state index in [1.54, 1.807) is 0 Å². The molecule has 1 aliphatic rings. The highest BCUT2D eigenvalue weighted by Crippen LogP contribution is 2.19. The summed E-state index contributed by atoms with van der Waals surface area (Å²) in [5, 5.41) is 6.05. The normalized spacial score (nSPS) is 19.7. The number of nitrogens with zero attached hydrogens (tertiary/aromatic N) is 1. The Labute approximate surface area is 115 Å². The van der Waals surface area contributed by atoms with E-state index in [-0.39, 0.29) is 0 Å². The van der Waals surface area contributed by atoms with E-state index in [2.05, 4.69) is 34.6 Å². The van der Waals surface area contributed by atoms with Gasteiger partial charge in [0.2, 0.25) is 0 Å². The number of hydrogen-bond donors (Lipinski definition) is 1. The lowest BCUT2D eigenvalue weighted by Crippen LogP contribution is -2.29. The maximum absolute atomic E-state index is 4.16. The molecular weight excluding hydrogens is 232 g/mol. The van der Waals surface area contributed by atoms with Crippen molar-refractivity contribution in [1.29, 1.82) is 0 Å². The van der Waals surface area contributed by atoms with Crippen molar-refractivity contribution >= 4 is 10.8 Å². The molecule has 0 saturated carbocycles. The quantitative estimate of drug-likeness (QED) is 0.902. The lowest BCUT2D eigenvalue weighted by Gasteiger charge is -2.22. The van der Waals surface area contributed by atoms with E-state index in [1.807, 2.05) is 12.4 Å². The summed E-state index contributed by atoms with van der Waals surface area (Å²) in [4.78, 5) is 4.16. The first-order chi connectivity index (χ1) is 9.42. The van der Waals surface area contributed by atoms with Crippen molar-refractivity contribution in [2.24, 2.45) is 5.92 Å². The number of fused-ring (bicyclic) bond motifs is 1. The van der Waals surface area contributed by atoms with Crippen molar-refractivity contribution in [3.05, 3.63) is 42.2 Å². The molecule has 0 amide bonds. The Kier molecular flexibility index (Phi) is 4.09. The topological polar surface area (TPSA) is 24.9 Å². The smallest absolute Gasteiger partial charge is 0.0346 e. The van der Waals surface area contributed by atoms with Crippen LogP contribution in [0.15, 0.2) is 36.7 Å². The van der Waals surface area contributed by atoms with E-state index in [0.29, 0.717) is 0 Å². The standard InChI is InChI=1S/C17H22N2/c1(4-15-5-2-9-18-12-15)3-14-6-7-17-13-19-10-8-16(17)11-14/h6-8,10-11,13,15,18H,1-5,9,12H2/t15-/m1/s1. The average Bonchev–Trinajstić information content (AvgIpc) is 2.48. The molecule has 1 N–H and O–H groups in total. The van der Waals surface area contributed by atoms with Crippen LogP contribution in [-0.4, -0.2) is 18.1 Å². The second-order valence-electron chi connectivity index (χ2n) is 5.66. The third-order valence-corrected chi connectivity index (χ3v) is 4.18. The molecule has 1 aromatic heterocycles. The van der Waals surface area contributed by atoms with Gasteiger partial charge in [-0.05, 0) is 68.1 Å². The van der Waals surface area contributed by atoms with Crippen LogP contribution in [0, 0.1) is 5.92 Å². The number of aromatic nitrogens is 1. The highest BCUT2D eigenvalue weighted by atomic mass is 14.9. The Hall–Kier alpha value is -1.41. The molecule has 2 nitrogen and oxygen atoms in total. The van der Waals surface area contributed by atoms with E-state index in [0.717, 1.165) is 5.92 Å². The maximum atomic E-state index is 4.16. The van der Waals surface area contributed by atoms with Crippen LogP contribution in [0.1, 0.15) is 31.2 Å². The highest BCUT2D eigenvalue weighted by molar-refractivity contribution is 5.81. The van der Waals surface area contributed by atoms with Gasteiger partial charge in [0.25, 0.3) is 0 Å². The summed E-state index contributed by atoms with van der Waals surface area (Å²) >= 11 is 0. The van der Waals surface area contributed by atoms with Crippen molar-refractivity contribution in [2.45, 2.75) is 32.1 Å². The van der Waals surface area contributed by atoms with E-state index >= 15 is 0 Å². The first-order valence-corrected chi connectivity index (χ1v) is 7.45. The first-order valence-electron chi connectivity index (χ1n) is 7.45. The molecule has 3 rings (SSSR count). The number of aryl methyl sites for hydroxylation is 1.